The van der Waals surface area contributed by atoms with E-state index in [0.29, 0.717) is 6.42 Å². The molecule has 0 saturated heterocycles. The first-order chi connectivity index (χ1) is 11.2. The molecule has 0 unspecified atom stereocenters. The van der Waals surface area contributed by atoms with Gasteiger partial charge in [0.1, 0.15) is 0 Å². The van der Waals surface area contributed by atoms with E-state index in [0.717, 1.165) is 12.8 Å². The molecular weight excluding hydrogens is 378 g/mol. The van der Waals surface area contributed by atoms with E-state index in [2.05, 4.69) is 11.7 Å². The normalized spacial score (nSPS) is 9.84. The first-order valence-electron chi connectivity index (χ1n) is 9.88. The molecule has 0 fully saturated rings. The number of ether oxygens (including phenoxy) is 1. The number of hydrogen-bond acceptors (Lipinski definition) is 3. The number of hydrogen-bond donors (Lipinski definition) is 0. The molecule has 0 bridgehead atoms. The Morgan fingerprint density at radius 1 is 0.680 bits per heavy atom. The predicted molar refractivity (Wildman–Crippen MR) is 104 cm³/mol. The van der Waals surface area contributed by atoms with Crippen LogP contribution in [0.4, 0.5) is 0 Å². The molecule has 5 heteroatoms. The zero-order chi connectivity index (χ0) is 17.2. The van der Waals surface area contributed by atoms with Gasteiger partial charge >= 0.3 is 35.0 Å². The number of carbonyl (C=O) groups excluding carboxylic acids is 2. The van der Waals surface area contributed by atoms with Crippen molar-refractivity contribution in [3.8, 4) is 0 Å². The van der Waals surface area contributed by atoms with Crippen LogP contribution in [-0.4, -0.2) is 35.0 Å². The first-order valence-corrected chi connectivity index (χ1v) is 9.88. The molecule has 0 heterocycles. The maximum atomic E-state index is 11.1. The molecule has 3 nitrogen and oxygen atoms in total. The van der Waals surface area contributed by atoms with Gasteiger partial charge in [0.25, 0.3) is 0 Å². The fourth-order valence-corrected chi connectivity index (χ4v) is 2.85. The van der Waals surface area contributed by atoms with Crippen molar-refractivity contribution in [3.05, 3.63) is 0 Å². The third kappa shape index (κ3) is 26.9. The fourth-order valence-electron chi connectivity index (χ4n) is 2.85. The van der Waals surface area contributed by atoms with Crippen molar-refractivity contribution in [2.75, 3.05) is 0 Å². The van der Waals surface area contributed by atoms with E-state index in [1.807, 2.05) is 0 Å². The largest absolute Gasteiger partial charge is 2.00 e. The number of esters is 2. The molecule has 0 atom stereocenters. The summed E-state index contributed by atoms with van der Waals surface area (Å²) < 4.78 is 4.49. The van der Waals surface area contributed by atoms with Gasteiger partial charge in [-0.25, -0.2) is 0 Å². The topological polar surface area (TPSA) is 43.4 Å². The molecule has 0 aliphatic carbocycles. The van der Waals surface area contributed by atoms with Crippen LogP contribution in [0.2, 0.25) is 0 Å². The molecule has 0 saturated carbocycles. The molecule has 0 N–H and O–H groups in total. The second kappa shape index (κ2) is 24.5. The summed E-state index contributed by atoms with van der Waals surface area (Å²) in [6.45, 7) is 3.53. The van der Waals surface area contributed by atoms with E-state index in [-0.39, 0.29) is 51.4 Å². The molecule has 142 valence electrons. The Morgan fingerprint density at radius 3 is 1.32 bits per heavy atom. The SMILES string of the molecule is CCCCCCCCCCCCCCCCCC(=O)OC(C)=O.[H-].[H-].[Mg+2].[Zn]. The number of carbonyl (C=O) groups is 2. The van der Waals surface area contributed by atoms with Gasteiger partial charge in [-0.2, -0.15) is 0 Å². The molecule has 0 aromatic heterocycles. The van der Waals surface area contributed by atoms with E-state index in [1.54, 1.807) is 0 Å². The molecule has 0 aliphatic heterocycles. The van der Waals surface area contributed by atoms with Crippen LogP contribution in [0.3, 0.4) is 0 Å². The summed E-state index contributed by atoms with van der Waals surface area (Å²) in [6.07, 6.45) is 20.0. The molecule has 0 radical (unpaired) electrons. The molecule has 25 heavy (non-hydrogen) atoms. The Kier molecular flexibility index (Phi) is 29.7. The van der Waals surface area contributed by atoms with Gasteiger partial charge < -0.3 is 7.59 Å². The Hall–Kier alpha value is 0.530. The Morgan fingerprint density at radius 2 is 1.00 bits per heavy atom. The van der Waals surface area contributed by atoms with Crippen molar-refractivity contribution in [1.82, 2.24) is 0 Å². The van der Waals surface area contributed by atoms with Gasteiger partial charge in [0.15, 0.2) is 0 Å². The van der Waals surface area contributed by atoms with Crippen molar-refractivity contribution in [2.24, 2.45) is 0 Å². The number of unbranched alkanes of at least 4 members (excludes halogenated alkanes) is 14. The van der Waals surface area contributed by atoms with Crippen molar-refractivity contribution < 1.29 is 36.7 Å². The second-order valence-electron chi connectivity index (χ2n) is 6.67. The van der Waals surface area contributed by atoms with Crippen molar-refractivity contribution in [3.63, 3.8) is 0 Å². The zero-order valence-corrected chi connectivity index (χ0v) is 21.3. The number of rotatable bonds is 16. The van der Waals surface area contributed by atoms with E-state index in [9.17, 15) is 9.59 Å². The van der Waals surface area contributed by atoms with Gasteiger partial charge in [0, 0.05) is 32.8 Å². The first kappa shape index (κ1) is 30.3. The van der Waals surface area contributed by atoms with E-state index < -0.39 is 5.97 Å². The minimum absolute atomic E-state index is 0. The van der Waals surface area contributed by atoms with Crippen LogP contribution in [-0.2, 0) is 33.8 Å². The summed E-state index contributed by atoms with van der Waals surface area (Å²) >= 11 is 0. The third-order valence-electron chi connectivity index (χ3n) is 4.24. The van der Waals surface area contributed by atoms with Crippen LogP contribution >= 0.6 is 0 Å². The molecule has 0 spiro atoms. The molecule has 0 aromatic rings. The average molecular weight is 418 g/mol. The van der Waals surface area contributed by atoms with Crippen molar-refractivity contribution in [2.45, 2.75) is 117 Å². The van der Waals surface area contributed by atoms with Gasteiger partial charge in [-0.15, -0.1) is 0 Å². The maximum Gasteiger partial charge on any atom is 2.00 e. The Bertz CT molecular complexity index is 309. The summed E-state index contributed by atoms with van der Waals surface area (Å²) in [6, 6.07) is 0. The summed E-state index contributed by atoms with van der Waals surface area (Å²) in [4.78, 5) is 21.7. The monoisotopic (exact) mass is 416 g/mol. The van der Waals surface area contributed by atoms with Crippen molar-refractivity contribution in [1.29, 1.82) is 0 Å². The molecule has 0 aliphatic rings. The van der Waals surface area contributed by atoms with Crippen LogP contribution in [0.1, 0.15) is 119 Å². The predicted octanol–water partition coefficient (Wildman–Crippen LogP) is 6.18. The van der Waals surface area contributed by atoms with E-state index in [1.165, 1.54) is 90.4 Å². The van der Waals surface area contributed by atoms with Crippen LogP contribution in [0, 0.1) is 0 Å². The Balaban J connectivity index is -0.000000403. The van der Waals surface area contributed by atoms with E-state index in [4.69, 9.17) is 0 Å². The third-order valence-corrected chi connectivity index (χ3v) is 4.24. The van der Waals surface area contributed by atoms with Gasteiger partial charge in [0.2, 0.25) is 0 Å². The van der Waals surface area contributed by atoms with Crippen LogP contribution in [0.25, 0.3) is 0 Å². The maximum absolute atomic E-state index is 11.1. The van der Waals surface area contributed by atoms with E-state index >= 15 is 0 Å². The molecule has 0 aromatic carbocycles. The second-order valence-corrected chi connectivity index (χ2v) is 6.67. The average Bonchev–Trinajstić information content (AvgIpc) is 2.50. The van der Waals surface area contributed by atoms with Crippen LogP contribution in [0.5, 0.6) is 0 Å². The summed E-state index contributed by atoms with van der Waals surface area (Å²) in [7, 11) is 0. The molecular formula is C20H40MgO3Zn. The van der Waals surface area contributed by atoms with Crippen molar-refractivity contribution >= 4 is 35.0 Å². The smallest absolute Gasteiger partial charge is 1.00 e. The summed E-state index contributed by atoms with van der Waals surface area (Å²) in [5.74, 6) is -0.886. The van der Waals surface area contributed by atoms with Gasteiger partial charge in [-0.3, -0.25) is 9.59 Å². The van der Waals surface area contributed by atoms with Gasteiger partial charge in [-0.1, -0.05) is 96.8 Å². The minimum Gasteiger partial charge on any atom is -1.00 e. The van der Waals surface area contributed by atoms with Gasteiger partial charge in [0.05, 0.1) is 0 Å². The zero-order valence-electron chi connectivity index (χ0n) is 19.0. The molecule has 0 rings (SSSR count). The van der Waals surface area contributed by atoms with Crippen LogP contribution < -0.4 is 0 Å². The minimum atomic E-state index is -0.504. The van der Waals surface area contributed by atoms with Crippen LogP contribution in [0.15, 0.2) is 0 Å². The van der Waals surface area contributed by atoms with Gasteiger partial charge in [-0.05, 0) is 6.42 Å². The molecule has 0 amide bonds. The summed E-state index contributed by atoms with van der Waals surface area (Å²) in [5, 5.41) is 0. The fraction of sp³-hybridized carbons (Fsp3) is 0.900. The Labute approximate surface area is 187 Å². The summed E-state index contributed by atoms with van der Waals surface area (Å²) in [5.41, 5.74) is 0. The quantitative estimate of drug-likeness (QED) is 0.130. The standard InChI is InChI=1S/C20H38O3.Mg.Zn.2H/c1-3-4-5-6-7-8-9-10-11-12-13-14-15-16-17-18-20(22)23-19(2)21;;;;/h3-18H2,1-2H3;;;;/q;+2;;2*-1.